The fraction of sp³-hybridized carbons (Fsp3) is 0.176. The summed E-state index contributed by atoms with van der Waals surface area (Å²) in [6.45, 7) is 0.834. The van der Waals surface area contributed by atoms with Crippen LogP contribution in [0.25, 0.3) is 22.1 Å². The third-order valence-electron chi connectivity index (χ3n) is 7.38. The van der Waals surface area contributed by atoms with E-state index in [2.05, 4.69) is 5.32 Å². The number of hydrogen-bond donors (Lipinski definition) is 1. The SMILES string of the molecule is O=C(CN(c1cccc(COc2ccc(-c3cc(F)c(F)c4ccoc34)cc2)c1)C1CCNC1=O)OCc1ccccc1. The van der Waals surface area contributed by atoms with Gasteiger partial charge in [-0.15, -0.1) is 0 Å². The molecule has 0 saturated carbocycles. The normalized spacial score (nSPS) is 14.5. The minimum absolute atomic E-state index is 0.0798. The van der Waals surface area contributed by atoms with E-state index in [0.29, 0.717) is 35.5 Å². The maximum absolute atomic E-state index is 14.2. The van der Waals surface area contributed by atoms with E-state index >= 15 is 0 Å². The highest BCUT2D eigenvalue weighted by molar-refractivity contribution is 5.93. The maximum atomic E-state index is 14.2. The third-order valence-corrected chi connectivity index (χ3v) is 7.38. The Morgan fingerprint density at radius 2 is 1.72 bits per heavy atom. The van der Waals surface area contributed by atoms with Crippen LogP contribution in [-0.4, -0.2) is 31.0 Å². The fourth-order valence-corrected chi connectivity index (χ4v) is 5.19. The van der Waals surface area contributed by atoms with Gasteiger partial charge in [0.25, 0.3) is 0 Å². The van der Waals surface area contributed by atoms with E-state index in [1.54, 1.807) is 29.2 Å². The molecule has 1 aliphatic heterocycles. The van der Waals surface area contributed by atoms with Crippen molar-refractivity contribution in [3.8, 4) is 16.9 Å². The third kappa shape index (κ3) is 6.21. The fourth-order valence-electron chi connectivity index (χ4n) is 5.19. The average molecular weight is 583 g/mol. The van der Waals surface area contributed by atoms with Crippen LogP contribution in [0.3, 0.4) is 0 Å². The Morgan fingerprint density at radius 1 is 0.930 bits per heavy atom. The number of anilines is 1. The van der Waals surface area contributed by atoms with Gasteiger partial charge in [-0.3, -0.25) is 9.59 Å². The highest BCUT2D eigenvalue weighted by Crippen LogP contribution is 2.34. The molecular weight excluding hydrogens is 554 g/mol. The topological polar surface area (TPSA) is 81.0 Å². The van der Waals surface area contributed by atoms with Crippen molar-refractivity contribution in [3.05, 3.63) is 120 Å². The maximum Gasteiger partial charge on any atom is 0.325 e. The number of carbonyl (C=O) groups excluding carboxylic acids is 2. The molecule has 0 aliphatic carbocycles. The van der Waals surface area contributed by atoms with Crippen molar-refractivity contribution < 1.29 is 32.3 Å². The van der Waals surface area contributed by atoms with Crippen molar-refractivity contribution in [2.75, 3.05) is 18.0 Å². The lowest BCUT2D eigenvalue weighted by Crippen LogP contribution is -2.44. The average Bonchev–Trinajstić information content (AvgIpc) is 3.70. The highest BCUT2D eigenvalue weighted by atomic mass is 19.2. The largest absolute Gasteiger partial charge is 0.489 e. The molecule has 1 saturated heterocycles. The van der Waals surface area contributed by atoms with Crippen LogP contribution in [-0.2, 0) is 27.5 Å². The Balaban J connectivity index is 1.14. The number of amides is 1. The monoisotopic (exact) mass is 582 g/mol. The van der Waals surface area contributed by atoms with Gasteiger partial charge in [-0.2, -0.15) is 0 Å². The number of fused-ring (bicyclic) bond motifs is 1. The predicted molar refractivity (Wildman–Crippen MR) is 157 cm³/mol. The summed E-state index contributed by atoms with van der Waals surface area (Å²) in [5, 5.41) is 2.93. The van der Waals surface area contributed by atoms with Crippen LogP contribution in [0.1, 0.15) is 17.5 Å². The van der Waals surface area contributed by atoms with E-state index in [0.717, 1.165) is 17.2 Å². The minimum atomic E-state index is -0.947. The molecule has 6 rings (SSSR count). The van der Waals surface area contributed by atoms with E-state index in [-0.39, 0.29) is 36.6 Å². The molecule has 43 heavy (non-hydrogen) atoms. The number of ether oxygens (including phenoxy) is 2. The molecule has 1 unspecified atom stereocenters. The Morgan fingerprint density at radius 3 is 2.49 bits per heavy atom. The van der Waals surface area contributed by atoms with Gasteiger partial charge in [-0.25, -0.2) is 8.78 Å². The smallest absolute Gasteiger partial charge is 0.325 e. The summed E-state index contributed by atoms with van der Waals surface area (Å²) in [4.78, 5) is 27.2. The van der Waals surface area contributed by atoms with Gasteiger partial charge in [-0.05, 0) is 59.5 Å². The van der Waals surface area contributed by atoms with Crippen LogP contribution in [0.4, 0.5) is 14.5 Å². The number of furan rings is 1. The van der Waals surface area contributed by atoms with Crippen LogP contribution >= 0.6 is 0 Å². The Hall–Kier alpha value is -5.18. The molecule has 5 aromatic rings. The Bertz CT molecular complexity index is 1750. The molecule has 1 atom stereocenters. The molecular formula is C34H28F2N2O5. The molecule has 0 spiro atoms. The van der Waals surface area contributed by atoms with Gasteiger partial charge in [0.1, 0.15) is 37.1 Å². The van der Waals surface area contributed by atoms with Crippen LogP contribution in [0.15, 0.2) is 102 Å². The van der Waals surface area contributed by atoms with Crippen molar-refractivity contribution in [1.29, 1.82) is 0 Å². The molecule has 9 heteroatoms. The molecule has 1 amide bonds. The number of nitrogens with one attached hydrogen (secondary N) is 1. The van der Waals surface area contributed by atoms with Gasteiger partial charge >= 0.3 is 5.97 Å². The van der Waals surface area contributed by atoms with Crippen molar-refractivity contribution in [3.63, 3.8) is 0 Å². The Labute approximate surface area is 246 Å². The summed E-state index contributed by atoms with van der Waals surface area (Å²) in [5.41, 5.74) is 3.78. The molecule has 4 aromatic carbocycles. The lowest BCUT2D eigenvalue weighted by atomic mass is 10.0. The van der Waals surface area contributed by atoms with Crippen molar-refractivity contribution in [2.45, 2.75) is 25.7 Å². The van der Waals surface area contributed by atoms with Gasteiger partial charge in [0.15, 0.2) is 11.6 Å². The van der Waals surface area contributed by atoms with Crippen LogP contribution in [0.2, 0.25) is 0 Å². The second-order valence-electron chi connectivity index (χ2n) is 10.2. The first-order valence-electron chi connectivity index (χ1n) is 13.9. The number of carbonyl (C=O) groups is 2. The predicted octanol–water partition coefficient (Wildman–Crippen LogP) is 6.40. The highest BCUT2D eigenvalue weighted by Gasteiger charge is 2.32. The van der Waals surface area contributed by atoms with Crippen molar-refractivity contribution in [1.82, 2.24) is 5.32 Å². The van der Waals surface area contributed by atoms with E-state index in [1.807, 2.05) is 54.6 Å². The molecule has 1 aliphatic rings. The van der Waals surface area contributed by atoms with Gasteiger partial charge in [-0.1, -0.05) is 54.6 Å². The minimum Gasteiger partial charge on any atom is -0.489 e. The van der Waals surface area contributed by atoms with Crippen molar-refractivity contribution in [2.24, 2.45) is 0 Å². The van der Waals surface area contributed by atoms with Gasteiger partial charge < -0.3 is 24.1 Å². The number of nitrogens with zero attached hydrogens (tertiary/aromatic N) is 1. The van der Waals surface area contributed by atoms with Crippen LogP contribution in [0, 0.1) is 11.6 Å². The zero-order chi connectivity index (χ0) is 29.8. The van der Waals surface area contributed by atoms with E-state index in [4.69, 9.17) is 13.9 Å². The van der Waals surface area contributed by atoms with E-state index in [9.17, 15) is 18.4 Å². The van der Waals surface area contributed by atoms with Gasteiger partial charge in [0.2, 0.25) is 5.91 Å². The number of hydrogen-bond acceptors (Lipinski definition) is 6. The first kappa shape index (κ1) is 28.0. The molecule has 218 valence electrons. The summed E-state index contributed by atoms with van der Waals surface area (Å²) < 4.78 is 45.2. The lowest BCUT2D eigenvalue weighted by Gasteiger charge is -2.28. The summed E-state index contributed by atoms with van der Waals surface area (Å²) in [7, 11) is 0. The standard InChI is InChI=1S/C34H28F2N2O5/c35-29-18-28(33-27(32(29)36)14-16-41-33)24-9-11-26(12-10-24)42-21-23-7-4-8-25(17-23)38(30-13-15-37-34(30)40)19-31(39)43-20-22-5-2-1-3-6-22/h1-12,14,16-18,30H,13,15,19-21H2,(H,37,40). The van der Waals surface area contributed by atoms with E-state index in [1.165, 1.54) is 12.3 Å². The van der Waals surface area contributed by atoms with Gasteiger partial charge in [0, 0.05) is 17.8 Å². The number of halogens is 2. The van der Waals surface area contributed by atoms with Crippen LogP contribution < -0.4 is 15.0 Å². The molecule has 2 heterocycles. The molecule has 0 radical (unpaired) electrons. The second-order valence-corrected chi connectivity index (χ2v) is 10.2. The molecule has 1 fully saturated rings. The number of rotatable bonds is 10. The van der Waals surface area contributed by atoms with E-state index < -0.39 is 23.6 Å². The first-order chi connectivity index (χ1) is 21.0. The van der Waals surface area contributed by atoms with Gasteiger partial charge in [0.05, 0.1) is 11.6 Å². The second kappa shape index (κ2) is 12.4. The Kier molecular flexibility index (Phi) is 8.04. The van der Waals surface area contributed by atoms with Crippen molar-refractivity contribution >= 4 is 28.5 Å². The molecule has 0 bridgehead atoms. The van der Waals surface area contributed by atoms with Crippen LogP contribution in [0.5, 0.6) is 5.75 Å². The summed E-state index contributed by atoms with van der Waals surface area (Å²) in [5.74, 6) is -1.88. The quantitative estimate of drug-likeness (QED) is 0.192. The summed E-state index contributed by atoms with van der Waals surface area (Å²) in [6.07, 6.45) is 1.90. The zero-order valence-electron chi connectivity index (χ0n) is 23.1. The molecule has 1 aromatic heterocycles. The molecule has 7 nitrogen and oxygen atoms in total. The summed E-state index contributed by atoms with van der Waals surface area (Å²) >= 11 is 0. The first-order valence-corrected chi connectivity index (χ1v) is 13.9. The summed E-state index contributed by atoms with van der Waals surface area (Å²) in [6, 6.07) is 25.9. The molecule has 1 N–H and O–H groups in total. The lowest BCUT2D eigenvalue weighted by molar-refractivity contribution is -0.143. The zero-order valence-corrected chi connectivity index (χ0v) is 23.1. The number of benzene rings is 4. The number of esters is 1.